The molecule has 230 valence electrons. The van der Waals surface area contributed by atoms with Crippen LogP contribution in [0.1, 0.15) is 36.6 Å². The molecule has 6 aromatic rings. The van der Waals surface area contributed by atoms with E-state index in [2.05, 4.69) is 101 Å². The molecule has 1 N–H and O–H groups in total. The highest BCUT2D eigenvalue weighted by Gasteiger charge is 2.21. The Morgan fingerprint density at radius 2 is 1.36 bits per heavy atom. The number of fused-ring (bicyclic) bond motifs is 5. The van der Waals surface area contributed by atoms with E-state index in [9.17, 15) is 5.11 Å². The van der Waals surface area contributed by atoms with Crippen LogP contribution in [0.5, 0.6) is 0 Å². The molecule has 0 fully saturated rings. The average molecular weight is 612 g/mol. The summed E-state index contributed by atoms with van der Waals surface area (Å²) < 4.78 is 4.43. The van der Waals surface area contributed by atoms with Gasteiger partial charge in [0.05, 0.1) is 39.0 Å². The molecule has 0 amide bonds. The van der Waals surface area contributed by atoms with Crippen LogP contribution >= 0.6 is 0 Å². The maximum absolute atomic E-state index is 11.4. The van der Waals surface area contributed by atoms with E-state index in [0.29, 0.717) is 11.4 Å². The minimum Gasteiger partial charge on any atom is -0.507 e. The highest BCUT2D eigenvalue weighted by molar-refractivity contribution is 6.12. The van der Waals surface area contributed by atoms with Crippen molar-refractivity contribution in [3.63, 3.8) is 0 Å². The number of allylic oxidation sites excluding steroid dienone is 9. The molecule has 0 unspecified atom stereocenters. The number of nitrogens with zero attached hydrogens (tertiary/aromatic N) is 3. The summed E-state index contributed by atoms with van der Waals surface area (Å²) in [6.07, 6.45) is 20.8. The summed E-state index contributed by atoms with van der Waals surface area (Å²) in [5.74, 6) is 0.573. The Kier molecular flexibility index (Phi) is 8.59. The summed E-state index contributed by atoms with van der Waals surface area (Å²) in [7, 11) is 0. The summed E-state index contributed by atoms with van der Waals surface area (Å²) in [6, 6.07) is 23.0. The molecular formula is C43H37N3O. The highest BCUT2D eigenvalue weighted by atomic mass is 16.3. The standard InChI is InChI=1S/C43H37N3O/c1-7-12-27-39-41-29(6)30-22-15-16-28-38(30)45(41)37(20-10-4)33(18-8-2)31-23-13-14-24-32(31)34-25-17-26-36-42(34)46(39)43(44-36)35(19-9-3)40(47)21-11-5/h7-28,47H,1,3,5-6H2,2,4H3/b18-8-,20-10-,27-12-,35-19+,37-33?,40-21+,41-39?. The summed E-state index contributed by atoms with van der Waals surface area (Å²) in [6.45, 7) is 20.6. The molecule has 4 nitrogen and oxygen atoms in total. The lowest BCUT2D eigenvalue weighted by atomic mass is 10.0. The zero-order valence-electron chi connectivity index (χ0n) is 26.8. The molecule has 3 aromatic carbocycles. The summed E-state index contributed by atoms with van der Waals surface area (Å²) in [4.78, 5) is 5.21. The first kappa shape index (κ1) is 30.9. The first-order chi connectivity index (χ1) is 23.0. The molecule has 0 aliphatic rings. The Hall–Kier alpha value is -6.13. The fraction of sp³-hybridized carbons (Fsp3) is 0.0465. The van der Waals surface area contributed by atoms with Gasteiger partial charge in [-0.05, 0) is 61.1 Å². The van der Waals surface area contributed by atoms with E-state index in [0.717, 1.165) is 65.8 Å². The van der Waals surface area contributed by atoms with Crippen LogP contribution in [0.3, 0.4) is 0 Å². The number of hydrogen-bond acceptors (Lipinski definition) is 2. The van der Waals surface area contributed by atoms with E-state index in [1.54, 1.807) is 30.4 Å². The minimum absolute atomic E-state index is 0.0258. The van der Waals surface area contributed by atoms with Crippen LogP contribution in [0.25, 0.3) is 74.0 Å². The fourth-order valence-electron chi connectivity index (χ4n) is 6.47. The SMILES string of the molecule is C=C/C=C\c1c2c(=C)c3ccccc3n2c(/C=C\C)c(/C=C\C)c2ccccc2c2cccc3nc(C(=C/C=C)/C(O)=C\C=C)n1c32. The number of rotatable bonds is 8. The van der Waals surface area contributed by atoms with E-state index in [-0.39, 0.29) is 5.76 Å². The number of imidazole rings is 1. The van der Waals surface area contributed by atoms with E-state index >= 15 is 0 Å². The van der Waals surface area contributed by atoms with E-state index in [1.165, 1.54) is 0 Å². The largest absolute Gasteiger partial charge is 0.507 e. The second-order valence-corrected chi connectivity index (χ2v) is 11.1. The molecule has 0 saturated carbocycles. The van der Waals surface area contributed by atoms with Crippen LogP contribution in [0.4, 0.5) is 0 Å². The topological polar surface area (TPSA) is 41.9 Å². The van der Waals surface area contributed by atoms with Gasteiger partial charge >= 0.3 is 0 Å². The molecular weight excluding hydrogens is 574 g/mol. The molecule has 3 heterocycles. The van der Waals surface area contributed by atoms with Gasteiger partial charge in [-0.3, -0.25) is 4.40 Å². The molecule has 0 aliphatic heterocycles. The Morgan fingerprint density at radius 1 is 0.681 bits per heavy atom. The molecule has 0 atom stereocenters. The van der Waals surface area contributed by atoms with Gasteiger partial charge in [0.15, 0.2) is 0 Å². The van der Waals surface area contributed by atoms with Gasteiger partial charge in [-0.25, -0.2) is 4.98 Å². The Morgan fingerprint density at radius 3 is 2.06 bits per heavy atom. The maximum Gasteiger partial charge on any atom is 0.149 e. The molecule has 47 heavy (non-hydrogen) atoms. The highest BCUT2D eigenvalue weighted by Crippen LogP contribution is 2.35. The number of hydrogen-bond donors (Lipinski definition) is 1. The second-order valence-electron chi connectivity index (χ2n) is 11.1. The van der Waals surface area contributed by atoms with Crippen LogP contribution in [0.2, 0.25) is 0 Å². The van der Waals surface area contributed by atoms with E-state index in [4.69, 9.17) is 11.6 Å². The first-order valence-corrected chi connectivity index (χ1v) is 15.6. The van der Waals surface area contributed by atoms with Gasteiger partial charge in [0.1, 0.15) is 11.6 Å². The first-order valence-electron chi connectivity index (χ1n) is 15.6. The number of aromatic nitrogens is 3. The summed E-state index contributed by atoms with van der Waals surface area (Å²) in [5, 5.41) is 16.4. The van der Waals surface area contributed by atoms with Crippen LogP contribution < -0.4 is 5.22 Å². The maximum atomic E-state index is 11.4. The monoisotopic (exact) mass is 611 g/mol. The lowest BCUT2D eigenvalue weighted by Crippen LogP contribution is -2.07. The predicted octanol–water partition coefficient (Wildman–Crippen LogP) is 10.8. The summed E-state index contributed by atoms with van der Waals surface area (Å²) >= 11 is 0. The molecule has 0 bridgehead atoms. The van der Waals surface area contributed by atoms with Crippen molar-refractivity contribution in [2.45, 2.75) is 13.8 Å². The van der Waals surface area contributed by atoms with Crippen LogP contribution in [0, 0.1) is 0 Å². The molecule has 6 rings (SSSR count). The average Bonchev–Trinajstić information content (AvgIpc) is 3.61. The summed E-state index contributed by atoms with van der Waals surface area (Å²) in [5.41, 5.74) is 6.97. The molecule has 3 aromatic heterocycles. The molecule has 4 heteroatoms. The zero-order valence-corrected chi connectivity index (χ0v) is 26.8. The number of benzene rings is 3. The van der Waals surface area contributed by atoms with Crippen molar-refractivity contribution in [2.24, 2.45) is 0 Å². The van der Waals surface area contributed by atoms with Gasteiger partial charge in [-0.1, -0.05) is 123 Å². The third-order valence-electron chi connectivity index (χ3n) is 8.29. The Labute approximate surface area is 274 Å². The van der Waals surface area contributed by atoms with Crippen LogP contribution in [-0.4, -0.2) is 18.9 Å². The normalized spacial score (nSPS) is 12.9. The fourth-order valence-corrected chi connectivity index (χ4v) is 6.47. The number of aliphatic hydroxyl groups is 1. The third kappa shape index (κ3) is 5.10. The molecule has 0 saturated heterocycles. The smallest absolute Gasteiger partial charge is 0.149 e. The molecule has 0 aliphatic carbocycles. The number of para-hydroxylation sites is 2. The minimum atomic E-state index is 0.0258. The predicted molar refractivity (Wildman–Crippen MR) is 205 cm³/mol. The van der Waals surface area contributed by atoms with Gasteiger partial charge in [0.2, 0.25) is 0 Å². The second kappa shape index (κ2) is 13.1. The molecule has 0 radical (unpaired) electrons. The van der Waals surface area contributed by atoms with Crippen molar-refractivity contribution in [3.8, 4) is 0 Å². The van der Waals surface area contributed by atoms with Gasteiger partial charge in [-0.2, -0.15) is 0 Å². The van der Waals surface area contributed by atoms with Crippen molar-refractivity contribution in [1.82, 2.24) is 13.8 Å². The zero-order chi connectivity index (χ0) is 33.1. The van der Waals surface area contributed by atoms with Crippen LogP contribution in [-0.2, 0) is 0 Å². The van der Waals surface area contributed by atoms with E-state index in [1.807, 2.05) is 44.2 Å². The lowest BCUT2D eigenvalue weighted by molar-refractivity contribution is 0.437. The van der Waals surface area contributed by atoms with Gasteiger partial charge in [0, 0.05) is 21.6 Å². The van der Waals surface area contributed by atoms with Crippen molar-refractivity contribution in [1.29, 1.82) is 0 Å². The Balaban J connectivity index is 2.17. The van der Waals surface area contributed by atoms with Crippen molar-refractivity contribution in [3.05, 3.63) is 169 Å². The Bertz CT molecular complexity index is 2510. The molecule has 0 spiro atoms. The van der Waals surface area contributed by atoms with Gasteiger partial charge < -0.3 is 9.51 Å². The van der Waals surface area contributed by atoms with Crippen molar-refractivity contribution >= 4 is 74.0 Å². The van der Waals surface area contributed by atoms with Crippen LogP contribution in [0.15, 0.2) is 141 Å². The van der Waals surface area contributed by atoms with Crippen molar-refractivity contribution in [2.75, 3.05) is 0 Å². The van der Waals surface area contributed by atoms with Gasteiger partial charge in [0.25, 0.3) is 0 Å². The quantitative estimate of drug-likeness (QED) is 0.137. The van der Waals surface area contributed by atoms with Crippen molar-refractivity contribution < 1.29 is 5.11 Å². The number of aliphatic hydroxyl groups excluding tert-OH is 1. The van der Waals surface area contributed by atoms with E-state index < -0.39 is 0 Å². The third-order valence-corrected chi connectivity index (χ3v) is 8.29. The lowest BCUT2D eigenvalue weighted by Gasteiger charge is -2.14. The van der Waals surface area contributed by atoms with Gasteiger partial charge in [-0.15, -0.1) is 0 Å².